The summed E-state index contributed by atoms with van der Waals surface area (Å²) in [5, 5.41) is 6.31. The van der Waals surface area contributed by atoms with Gasteiger partial charge in [-0.25, -0.2) is 4.39 Å². The van der Waals surface area contributed by atoms with Gasteiger partial charge in [0, 0.05) is 42.0 Å². The van der Waals surface area contributed by atoms with Gasteiger partial charge in [-0.15, -0.1) is 0 Å². The van der Waals surface area contributed by atoms with Gasteiger partial charge in [0.15, 0.2) is 0 Å². The number of halogens is 4. The number of benzene rings is 2. The summed E-state index contributed by atoms with van der Waals surface area (Å²) in [6, 6.07) is 6.62. The topological polar surface area (TPSA) is 36.5 Å². The molecule has 0 radical (unpaired) electrons. The summed E-state index contributed by atoms with van der Waals surface area (Å²) < 4.78 is 59.1. The SMILES string of the molecule is Fc1ccc(C(F)(F)F)cc1Nc1cc2c3c(c1)[C@@H]1CNCC[C@@H]1N3CCOC2. The van der Waals surface area contributed by atoms with Crippen molar-refractivity contribution in [2.45, 2.75) is 31.2 Å². The molecule has 2 atom stereocenters. The third-order valence-corrected chi connectivity index (χ3v) is 6.06. The van der Waals surface area contributed by atoms with Crippen molar-refractivity contribution in [2.24, 2.45) is 0 Å². The molecule has 1 fully saturated rings. The molecule has 1 saturated heterocycles. The molecular weight excluding hydrogens is 386 g/mol. The molecule has 0 spiro atoms. The van der Waals surface area contributed by atoms with E-state index in [9.17, 15) is 17.6 Å². The lowest BCUT2D eigenvalue weighted by Gasteiger charge is -2.33. The lowest BCUT2D eigenvalue weighted by atomic mass is 9.89. The Bertz CT molecular complexity index is 946. The zero-order valence-corrected chi connectivity index (χ0v) is 15.7. The molecule has 0 unspecified atom stereocenters. The Morgan fingerprint density at radius 1 is 1.17 bits per heavy atom. The van der Waals surface area contributed by atoms with E-state index >= 15 is 0 Å². The highest BCUT2D eigenvalue weighted by Gasteiger charge is 2.42. The maximum atomic E-state index is 14.2. The maximum Gasteiger partial charge on any atom is 0.416 e. The molecule has 2 N–H and O–H groups in total. The van der Waals surface area contributed by atoms with Crippen LogP contribution in [0.1, 0.15) is 29.0 Å². The lowest BCUT2D eigenvalue weighted by molar-refractivity contribution is -0.137. The standard InChI is InChI=1S/C21H21F4N3O/c22-17-2-1-13(21(23,24)25)8-18(17)27-14-7-12-11-29-6-5-28-19-3-4-26-10-16(19)15(9-14)20(12)28/h1-2,7-9,16,19,26-27H,3-6,10-11H2/t16-,19-/m0/s1. The number of ether oxygens (including phenoxy) is 1. The van der Waals surface area contributed by atoms with Crippen LogP contribution in [0.4, 0.5) is 34.6 Å². The Kier molecular flexibility index (Phi) is 4.43. The van der Waals surface area contributed by atoms with Crippen molar-refractivity contribution in [3.8, 4) is 0 Å². The molecule has 5 rings (SSSR count). The number of hydrogen-bond donors (Lipinski definition) is 2. The van der Waals surface area contributed by atoms with E-state index in [1.165, 1.54) is 5.69 Å². The monoisotopic (exact) mass is 407 g/mol. The van der Waals surface area contributed by atoms with Gasteiger partial charge in [-0.3, -0.25) is 0 Å². The fraction of sp³-hybridized carbons (Fsp3) is 0.429. The third kappa shape index (κ3) is 3.24. The van der Waals surface area contributed by atoms with Crippen molar-refractivity contribution < 1.29 is 22.3 Å². The maximum absolute atomic E-state index is 14.2. The minimum absolute atomic E-state index is 0.185. The Labute approximate surface area is 165 Å². The molecule has 3 aliphatic heterocycles. The predicted octanol–water partition coefficient (Wildman–Crippen LogP) is 4.38. The average molecular weight is 407 g/mol. The van der Waals surface area contributed by atoms with Gasteiger partial charge in [-0.05, 0) is 48.9 Å². The Morgan fingerprint density at radius 3 is 2.86 bits per heavy atom. The molecule has 0 aliphatic carbocycles. The summed E-state index contributed by atoms with van der Waals surface area (Å²) in [6.07, 6.45) is -3.49. The second-order valence-electron chi connectivity index (χ2n) is 7.80. The molecule has 8 heteroatoms. The van der Waals surface area contributed by atoms with Gasteiger partial charge in [0.1, 0.15) is 5.82 Å². The smallest absolute Gasteiger partial charge is 0.375 e. The summed E-state index contributed by atoms with van der Waals surface area (Å²) in [5.74, 6) is -0.414. The third-order valence-electron chi connectivity index (χ3n) is 6.06. The van der Waals surface area contributed by atoms with Gasteiger partial charge < -0.3 is 20.3 Å². The zero-order valence-electron chi connectivity index (χ0n) is 15.7. The van der Waals surface area contributed by atoms with Gasteiger partial charge in [-0.1, -0.05) is 0 Å². The van der Waals surface area contributed by atoms with E-state index in [4.69, 9.17) is 4.74 Å². The number of anilines is 3. The van der Waals surface area contributed by atoms with Gasteiger partial charge >= 0.3 is 6.18 Å². The van der Waals surface area contributed by atoms with Crippen LogP contribution in [0.2, 0.25) is 0 Å². The van der Waals surface area contributed by atoms with Crippen LogP contribution in [0, 0.1) is 5.82 Å². The highest BCUT2D eigenvalue weighted by atomic mass is 19.4. The Balaban J connectivity index is 1.55. The molecule has 0 saturated carbocycles. The van der Waals surface area contributed by atoms with Crippen molar-refractivity contribution in [1.29, 1.82) is 0 Å². The molecule has 29 heavy (non-hydrogen) atoms. The van der Waals surface area contributed by atoms with Crippen molar-refractivity contribution in [3.63, 3.8) is 0 Å². The Hall–Kier alpha value is -2.32. The van der Waals surface area contributed by atoms with Gasteiger partial charge in [0.05, 0.1) is 24.5 Å². The molecule has 3 heterocycles. The molecule has 0 bridgehead atoms. The minimum atomic E-state index is -4.53. The number of nitrogens with one attached hydrogen (secondary N) is 2. The first-order valence-electron chi connectivity index (χ1n) is 9.77. The first-order chi connectivity index (χ1) is 13.9. The van der Waals surface area contributed by atoms with Gasteiger partial charge in [0.2, 0.25) is 0 Å². The minimum Gasteiger partial charge on any atom is -0.375 e. The van der Waals surface area contributed by atoms with Crippen LogP contribution >= 0.6 is 0 Å². The first-order valence-corrected chi connectivity index (χ1v) is 9.77. The average Bonchev–Trinajstić information content (AvgIpc) is 2.84. The van der Waals surface area contributed by atoms with Crippen LogP contribution in [0.5, 0.6) is 0 Å². The number of alkyl halides is 3. The fourth-order valence-electron chi connectivity index (χ4n) is 4.81. The van der Waals surface area contributed by atoms with E-state index in [0.29, 0.717) is 30.9 Å². The van der Waals surface area contributed by atoms with Crippen LogP contribution in [0.3, 0.4) is 0 Å². The van der Waals surface area contributed by atoms with Crippen LogP contribution in [-0.2, 0) is 17.5 Å². The van der Waals surface area contributed by atoms with Crippen molar-refractivity contribution in [3.05, 3.63) is 52.8 Å². The number of rotatable bonds is 2. The number of hydrogen-bond acceptors (Lipinski definition) is 4. The van der Waals surface area contributed by atoms with E-state index < -0.39 is 17.6 Å². The summed E-state index contributed by atoms with van der Waals surface area (Å²) in [5.41, 5.74) is 2.83. The van der Waals surface area contributed by atoms with Gasteiger partial charge in [0.25, 0.3) is 0 Å². The van der Waals surface area contributed by atoms with Crippen LogP contribution in [0.25, 0.3) is 0 Å². The highest BCUT2D eigenvalue weighted by Crippen LogP contribution is 2.47. The van der Waals surface area contributed by atoms with Crippen LogP contribution in [0.15, 0.2) is 30.3 Å². The molecule has 3 aliphatic rings. The molecular formula is C21H21F4N3O. The first kappa shape index (κ1) is 18.7. The van der Waals surface area contributed by atoms with E-state index in [1.807, 2.05) is 12.1 Å². The van der Waals surface area contributed by atoms with E-state index in [0.717, 1.165) is 55.4 Å². The van der Waals surface area contributed by atoms with Crippen LogP contribution < -0.4 is 15.5 Å². The molecule has 154 valence electrons. The largest absolute Gasteiger partial charge is 0.416 e. The summed E-state index contributed by atoms with van der Waals surface area (Å²) in [6.45, 7) is 3.72. The lowest BCUT2D eigenvalue weighted by Crippen LogP contribution is -2.44. The molecule has 0 aromatic heterocycles. The molecule has 2 aromatic rings. The quantitative estimate of drug-likeness (QED) is 0.725. The van der Waals surface area contributed by atoms with Gasteiger partial charge in [-0.2, -0.15) is 13.2 Å². The van der Waals surface area contributed by atoms with Crippen LogP contribution in [-0.4, -0.2) is 32.3 Å². The number of nitrogens with zero attached hydrogens (tertiary/aromatic N) is 1. The van der Waals surface area contributed by atoms with E-state index in [-0.39, 0.29) is 5.69 Å². The highest BCUT2D eigenvalue weighted by molar-refractivity contribution is 5.74. The van der Waals surface area contributed by atoms with Crippen molar-refractivity contribution in [2.75, 3.05) is 36.5 Å². The van der Waals surface area contributed by atoms with Crippen molar-refractivity contribution in [1.82, 2.24) is 5.32 Å². The summed E-state index contributed by atoms with van der Waals surface area (Å²) >= 11 is 0. The second-order valence-corrected chi connectivity index (χ2v) is 7.80. The molecule has 4 nitrogen and oxygen atoms in total. The summed E-state index contributed by atoms with van der Waals surface area (Å²) in [7, 11) is 0. The Morgan fingerprint density at radius 2 is 2.03 bits per heavy atom. The number of fused-ring (bicyclic) bond motifs is 3. The van der Waals surface area contributed by atoms with E-state index in [1.54, 1.807) is 0 Å². The predicted molar refractivity (Wildman–Crippen MR) is 102 cm³/mol. The number of piperidine rings is 1. The fourth-order valence-corrected chi connectivity index (χ4v) is 4.81. The zero-order chi connectivity index (χ0) is 20.2. The summed E-state index contributed by atoms with van der Waals surface area (Å²) in [4.78, 5) is 2.41. The van der Waals surface area contributed by atoms with E-state index in [2.05, 4.69) is 15.5 Å². The second kappa shape index (κ2) is 6.88. The normalized spacial score (nSPS) is 23.4. The molecule has 2 aromatic carbocycles. The van der Waals surface area contributed by atoms with Crippen molar-refractivity contribution >= 4 is 17.1 Å². The molecule has 0 amide bonds.